The van der Waals surface area contributed by atoms with Gasteiger partial charge in [-0.3, -0.25) is 4.90 Å². The summed E-state index contributed by atoms with van der Waals surface area (Å²) in [4.78, 5) is 2.30. The Morgan fingerprint density at radius 3 is 2.59 bits per heavy atom. The zero-order chi connectivity index (χ0) is 12.4. The minimum Gasteiger partial charge on any atom is -0.508 e. The lowest BCUT2D eigenvalue weighted by atomic mass is 9.91. The highest BCUT2D eigenvalue weighted by Gasteiger charge is 2.22. The first-order valence-corrected chi connectivity index (χ1v) is 6.24. The van der Waals surface area contributed by atoms with E-state index < -0.39 is 0 Å². The van der Waals surface area contributed by atoms with Gasteiger partial charge in [0, 0.05) is 25.2 Å². The van der Waals surface area contributed by atoms with Crippen molar-refractivity contribution in [1.29, 1.82) is 0 Å². The van der Waals surface area contributed by atoms with Crippen LogP contribution in [-0.2, 0) is 6.54 Å². The first-order chi connectivity index (χ1) is 8.04. The topological polar surface area (TPSA) is 23.5 Å². The molecule has 0 aromatic heterocycles. The van der Waals surface area contributed by atoms with E-state index in [0.29, 0.717) is 23.9 Å². The molecule has 2 nitrogen and oxygen atoms in total. The molecule has 0 aliphatic carbocycles. The molecule has 1 aliphatic rings. The maximum Gasteiger partial charge on any atom is 0.123 e. The van der Waals surface area contributed by atoms with Crippen molar-refractivity contribution in [3.8, 4) is 5.75 Å². The molecule has 0 saturated carbocycles. The van der Waals surface area contributed by atoms with Crippen molar-refractivity contribution >= 4 is 0 Å². The quantitative estimate of drug-likeness (QED) is 0.854. The van der Waals surface area contributed by atoms with Crippen LogP contribution in [0.15, 0.2) is 18.2 Å². The van der Waals surface area contributed by atoms with Crippen LogP contribution in [0.3, 0.4) is 0 Å². The number of phenols is 1. The highest BCUT2D eigenvalue weighted by atomic mass is 19.1. The summed E-state index contributed by atoms with van der Waals surface area (Å²) in [6.07, 6.45) is 1.26. The average Bonchev–Trinajstić information content (AvgIpc) is 2.22. The summed E-state index contributed by atoms with van der Waals surface area (Å²) in [5, 5.41) is 9.70. The minimum atomic E-state index is -0.282. The Bertz CT molecular complexity index is 384. The lowest BCUT2D eigenvalue weighted by Crippen LogP contribution is -2.38. The van der Waals surface area contributed by atoms with Gasteiger partial charge in [0.05, 0.1) is 0 Å². The lowest BCUT2D eigenvalue weighted by Gasteiger charge is -2.35. The van der Waals surface area contributed by atoms with Gasteiger partial charge in [-0.25, -0.2) is 4.39 Å². The van der Waals surface area contributed by atoms with Gasteiger partial charge in [0.1, 0.15) is 11.6 Å². The number of halogens is 1. The number of nitrogens with zero attached hydrogens (tertiary/aromatic N) is 1. The molecule has 1 aliphatic heterocycles. The third-order valence-corrected chi connectivity index (χ3v) is 3.38. The second-order valence-corrected chi connectivity index (χ2v) is 5.41. The van der Waals surface area contributed by atoms with Crippen molar-refractivity contribution in [1.82, 2.24) is 4.90 Å². The highest BCUT2D eigenvalue weighted by Crippen LogP contribution is 2.25. The fourth-order valence-corrected chi connectivity index (χ4v) is 2.84. The van der Waals surface area contributed by atoms with Gasteiger partial charge in [0.2, 0.25) is 0 Å². The normalized spacial score (nSPS) is 26.1. The van der Waals surface area contributed by atoms with Gasteiger partial charge in [-0.1, -0.05) is 13.8 Å². The first-order valence-electron chi connectivity index (χ1n) is 6.24. The summed E-state index contributed by atoms with van der Waals surface area (Å²) in [5.74, 6) is 1.26. The van der Waals surface area contributed by atoms with E-state index in [1.807, 2.05) is 0 Å². The van der Waals surface area contributed by atoms with E-state index in [4.69, 9.17) is 0 Å². The summed E-state index contributed by atoms with van der Waals surface area (Å²) in [7, 11) is 0. The van der Waals surface area contributed by atoms with Gasteiger partial charge in [-0.05, 0) is 36.5 Å². The smallest absolute Gasteiger partial charge is 0.123 e. The first kappa shape index (κ1) is 12.4. The Kier molecular flexibility index (Phi) is 3.67. The number of phenolic OH excluding ortho intramolecular Hbond substituents is 1. The van der Waals surface area contributed by atoms with Gasteiger partial charge in [0.15, 0.2) is 0 Å². The highest BCUT2D eigenvalue weighted by molar-refractivity contribution is 5.32. The number of hydrogen-bond acceptors (Lipinski definition) is 2. The van der Waals surface area contributed by atoms with Gasteiger partial charge < -0.3 is 5.11 Å². The van der Waals surface area contributed by atoms with Crippen LogP contribution in [0.5, 0.6) is 5.75 Å². The SMILES string of the molecule is CC1CC(C)CN(Cc2cc(F)ccc2O)C1. The molecule has 1 fully saturated rings. The standard InChI is InChI=1S/C14H20FNO/c1-10-5-11(2)8-16(7-10)9-12-6-13(15)3-4-14(12)17/h3-4,6,10-11,17H,5,7-9H2,1-2H3. The van der Waals surface area contributed by atoms with Gasteiger partial charge in [0.25, 0.3) is 0 Å². The molecule has 1 saturated heterocycles. The molecule has 17 heavy (non-hydrogen) atoms. The molecule has 2 rings (SSSR count). The number of rotatable bonds is 2. The average molecular weight is 237 g/mol. The van der Waals surface area contributed by atoms with Crippen LogP contribution in [0, 0.1) is 17.7 Å². The Morgan fingerprint density at radius 1 is 1.29 bits per heavy atom. The van der Waals surface area contributed by atoms with Crippen molar-refractivity contribution in [3.63, 3.8) is 0 Å². The Labute approximate surface area is 102 Å². The van der Waals surface area contributed by atoms with Crippen molar-refractivity contribution in [2.24, 2.45) is 11.8 Å². The Morgan fingerprint density at radius 2 is 1.94 bits per heavy atom. The van der Waals surface area contributed by atoms with Crippen LogP contribution in [0.25, 0.3) is 0 Å². The third-order valence-electron chi connectivity index (χ3n) is 3.38. The molecular weight excluding hydrogens is 217 g/mol. The van der Waals surface area contributed by atoms with Crippen molar-refractivity contribution < 1.29 is 9.50 Å². The van der Waals surface area contributed by atoms with Crippen molar-refractivity contribution in [3.05, 3.63) is 29.6 Å². The number of hydrogen-bond donors (Lipinski definition) is 1. The largest absolute Gasteiger partial charge is 0.508 e. The molecule has 2 atom stereocenters. The Balaban J connectivity index is 2.07. The number of aromatic hydroxyl groups is 1. The minimum absolute atomic E-state index is 0.192. The molecule has 94 valence electrons. The number of piperidine rings is 1. The summed E-state index contributed by atoms with van der Waals surface area (Å²) >= 11 is 0. The summed E-state index contributed by atoms with van der Waals surface area (Å²) in [5.41, 5.74) is 0.686. The monoisotopic (exact) mass is 237 g/mol. The van der Waals surface area contributed by atoms with Crippen LogP contribution < -0.4 is 0 Å². The zero-order valence-electron chi connectivity index (χ0n) is 10.5. The molecule has 1 heterocycles. The molecule has 1 N–H and O–H groups in total. The summed E-state index contributed by atoms with van der Waals surface area (Å²) < 4.78 is 13.1. The molecule has 2 unspecified atom stereocenters. The predicted molar refractivity (Wildman–Crippen MR) is 66.3 cm³/mol. The summed E-state index contributed by atoms with van der Waals surface area (Å²) in [6.45, 7) is 7.18. The third kappa shape index (κ3) is 3.19. The Hall–Kier alpha value is -1.09. The maximum atomic E-state index is 13.1. The van der Waals surface area contributed by atoms with Gasteiger partial charge >= 0.3 is 0 Å². The van der Waals surface area contributed by atoms with Gasteiger partial charge in [-0.2, -0.15) is 0 Å². The van der Waals surface area contributed by atoms with E-state index in [1.165, 1.54) is 24.6 Å². The van der Waals surface area contributed by atoms with Gasteiger partial charge in [-0.15, -0.1) is 0 Å². The van der Waals surface area contributed by atoms with E-state index in [-0.39, 0.29) is 11.6 Å². The summed E-state index contributed by atoms with van der Waals surface area (Å²) in [6, 6.07) is 4.15. The van der Waals surface area contributed by atoms with E-state index in [9.17, 15) is 9.50 Å². The van der Waals surface area contributed by atoms with Crippen molar-refractivity contribution in [2.75, 3.05) is 13.1 Å². The second-order valence-electron chi connectivity index (χ2n) is 5.41. The fourth-order valence-electron chi connectivity index (χ4n) is 2.84. The molecule has 3 heteroatoms. The van der Waals surface area contributed by atoms with Crippen LogP contribution >= 0.6 is 0 Å². The van der Waals surface area contributed by atoms with E-state index in [0.717, 1.165) is 13.1 Å². The molecule has 1 aromatic carbocycles. The number of benzene rings is 1. The van der Waals surface area contributed by atoms with Crippen LogP contribution in [0.2, 0.25) is 0 Å². The van der Waals surface area contributed by atoms with Crippen LogP contribution in [-0.4, -0.2) is 23.1 Å². The van der Waals surface area contributed by atoms with Crippen LogP contribution in [0.4, 0.5) is 4.39 Å². The molecule has 0 spiro atoms. The van der Waals surface area contributed by atoms with Crippen LogP contribution in [0.1, 0.15) is 25.8 Å². The van der Waals surface area contributed by atoms with Crippen molar-refractivity contribution in [2.45, 2.75) is 26.8 Å². The lowest BCUT2D eigenvalue weighted by molar-refractivity contribution is 0.133. The molecule has 0 bridgehead atoms. The fraction of sp³-hybridized carbons (Fsp3) is 0.571. The number of likely N-dealkylation sites (tertiary alicyclic amines) is 1. The maximum absolute atomic E-state index is 13.1. The predicted octanol–water partition coefficient (Wildman–Crippen LogP) is 3.01. The molecular formula is C14H20FNO. The molecule has 1 aromatic rings. The molecule has 0 amide bonds. The molecule has 0 radical (unpaired) electrons. The van der Waals surface area contributed by atoms with E-state index >= 15 is 0 Å². The van der Waals surface area contributed by atoms with E-state index in [1.54, 1.807) is 0 Å². The second kappa shape index (κ2) is 5.05. The zero-order valence-corrected chi connectivity index (χ0v) is 10.5. The van der Waals surface area contributed by atoms with E-state index in [2.05, 4.69) is 18.7 Å².